The summed E-state index contributed by atoms with van der Waals surface area (Å²) in [5, 5.41) is 12.6. The highest BCUT2D eigenvalue weighted by atomic mass is 16.5. The van der Waals surface area contributed by atoms with E-state index in [9.17, 15) is 14.9 Å². The molecule has 0 spiro atoms. The fraction of sp³-hybridized carbons (Fsp3) is 0.273. The van der Waals surface area contributed by atoms with Gasteiger partial charge in [-0.15, -0.1) is 0 Å². The number of nitrogens with one attached hydrogen (secondary N) is 1. The van der Waals surface area contributed by atoms with Crippen molar-refractivity contribution in [2.24, 2.45) is 5.92 Å². The number of rotatable bonds is 6. The minimum Gasteiger partial charge on any atom is -0.463 e. The highest BCUT2D eigenvalue weighted by Crippen LogP contribution is 2.39. The molecule has 29 heavy (non-hydrogen) atoms. The van der Waals surface area contributed by atoms with Crippen molar-refractivity contribution in [3.8, 4) is 17.5 Å². The third-order valence-electron chi connectivity index (χ3n) is 5.07. The van der Waals surface area contributed by atoms with Crippen molar-refractivity contribution in [1.29, 1.82) is 5.26 Å². The molecule has 1 atom stereocenters. The zero-order valence-electron chi connectivity index (χ0n) is 15.8. The van der Waals surface area contributed by atoms with Gasteiger partial charge in [0, 0.05) is 5.39 Å². The molecule has 2 heterocycles. The average Bonchev–Trinajstić information content (AvgIpc) is 3.46. The first kappa shape index (κ1) is 18.7. The summed E-state index contributed by atoms with van der Waals surface area (Å²) in [6, 6.07) is 14.4. The molecule has 2 aromatic heterocycles. The highest BCUT2D eigenvalue weighted by molar-refractivity contribution is 6.05. The van der Waals surface area contributed by atoms with Crippen LogP contribution in [-0.4, -0.2) is 29.0 Å². The van der Waals surface area contributed by atoms with E-state index < -0.39 is 24.0 Å². The number of nitriles is 1. The largest absolute Gasteiger partial charge is 0.463 e. The predicted octanol–water partition coefficient (Wildman–Crippen LogP) is 3.46. The molecule has 1 aliphatic carbocycles. The Kier molecular flexibility index (Phi) is 4.77. The van der Waals surface area contributed by atoms with Crippen LogP contribution >= 0.6 is 0 Å². The number of furan rings is 1. The number of pyridine rings is 1. The Bertz CT molecular complexity index is 1110. The first-order chi connectivity index (χ1) is 14.0. The van der Waals surface area contributed by atoms with E-state index in [1.54, 1.807) is 43.3 Å². The van der Waals surface area contributed by atoms with Crippen LogP contribution in [0.5, 0.6) is 0 Å². The predicted molar refractivity (Wildman–Crippen MR) is 105 cm³/mol. The first-order valence-electron chi connectivity index (χ1n) is 9.33. The van der Waals surface area contributed by atoms with E-state index in [0.717, 1.165) is 12.8 Å². The number of esters is 1. The molecule has 4 rings (SSSR count). The summed E-state index contributed by atoms with van der Waals surface area (Å²) in [4.78, 5) is 29.5. The van der Waals surface area contributed by atoms with Gasteiger partial charge in [-0.2, -0.15) is 5.26 Å². The summed E-state index contributed by atoms with van der Waals surface area (Å²) in [7, 11) is 0. The van der Waals surface area contributed by atoms with Crippen LogP contribution < -0.4 is 5.32 Å². The van der Waals surface area contributed by atoms with Gasteiger partial charge in [0.1, 0.15) is 11.2 Å². The fourth-order valence-electron chi connectivity index (χ4n) is 3.31. The molecule has 0 bridgehead atoms. The molecular formula is C22H19N3O4. The van der Waals surface area contributed by atoms with E-state index in [1.807, 2.05) is 6.07 Å². The molecule has 1 amide bonds. The van der Waals surface area contributed by atoms with Gasteiger partial charge in [-0.05, 0) is 49.9 Å². The van der Waals surface area contributed by atoms with Gasteiger partial charge in [-0.25, -0.2) is 9.78 Å². The number of aromatic nitrogens is 1. The molecule has 0 saturated heterocycles. The van der Waals surface area contributed by atoms with E-state index >= 15 is 0 Å². The number of carbonyl (C=O) groups is 2. The maximum atomic E-state index is 12.7. The Morgan fingerprint density at radius 1 is 1.31 bits per heavy atom. The first-order valence-corrected chi connectivity index (χ1v) is 9.33. The van der Waals surface area contributed by atoms with E-state index in [4.69, 9.17) is 9.15 Å². The zero-order valence-corrected chi connectivity index (χ0v) is 15.8. The van der Waals surface area contributed by atoms with Crippen molar-refractivity contribution in [1.82, 2.24) is 10.3 Å². The number of hydrogen-bond acceptors (Lipinski definition) is 6. The lowest BCUT2D eigenvalue weighted by Crippen LogP contribution is -2.48. The molecule has 7 heteroatoms. The number of ether oxygens (including phenoxy) is 1. The molecule has 0 aliphatic heterocycles. The van der Waals surface area contributed by atoms with Crippen LogP contribution in [0.1, 0.15) is 30.1 Å². The van der Waals surface area contributed by atoms with Crippen LogP contribution in [0, 0.1) is 17.2 Å². The lowest BCUT2D eigenvalue weighted by molar-refractivity contribution is -0.125. The van der Waals surface area contributed by atoms with Gasteiger partial charge < -0.3 is 14.5 Å². The van der Waals surface area contributed by atoms with Crippen LogP contribution in [-0.2, 0) is 9.53 Å². The van der Waals surface area contributed by atoms with Gasteiger partial charge in [-0.3, -0.25) is 4.79 Å². The van der Waals surface area contributed by atoms with Crippen LogP contribution in [0.2, 0.25) is 0 Å². The van der Waals surface area contributed by atoms with Gasteiger partial charge >= 0.3 is 5.97 Å². The van der Waals surface area contributed by atoms with E-state index in [0.29, 0.717) is 27.9 Å². The molecule has 3 aromatic rings. The van der Waals surface area contributed by atoms with E-state index in [1.165, 1.54) is 6.26 Å². The molecule has 1 saturated carbocycles. The standard InChI is InChI=1S/C22H19N3O4/c1-22(13-23,14-8-9-14)25-20(26)12-29-21(27)16-11-18(19-7-4-10-28-19)24-17-6-3-2-5-15(16)17/h2-7,10-11,14H,8-9,12H2,1H3,(H,25,26)/t22-/m0/s1. The monoisotopic (exact) mass is 389 g/mol. The number of fused-ring (bicyclic) bond motifs is 1. The van der Waals surface area contributed by atoms with Crippen molar-refractivity contribution >= 4 is 22.8 Å². The van der Waals surface area contributed by atoms with Gasteiger partial charge in [0.2, 0.25) is 0 Å². The molecule has 0 unspecified atom stereocenters. The molecule has 146 valence electrons. The maximum absolute atomic E-state index is 12.7. The Morgan fingerprint density at radius 2 is 2.10 bits per heavy atom. The lowest BCUT2D eigenvalue weighted by Gasteiger charge is -2.22. The third kappa shape index (κ3) is 3.83. The topological polar surface area (TPSA) is 105 Å². The molecule has 1 aliphatic rings. The summed E-state index contributed by atoms with van der Waals surface area (Å²) in [5.41, 5.74) is 0.471. The normalized spacial score (nSPS) is 15.3. The third-order valence-corrected chi connectivity index (χ3v) is 5.07. The zero-order chi connectivity index (χ0) is 20.4. The number of hydrogen-bond donors (Lipinski definition) is 1. The smallest absolute Gasteiger partial charge is 0.339 e. The quantitative estimate of drug-likeness (QED) is 0.647. The molecule has 7 nitrogen and oxygen atoms in total. The van der Waals surface area contributed by atoms with Crippen molar-refractivity contribution in [3.63, 3.8) is 0 Å². The highest BCUT2D eigenvalue weighted by Gasteiger charge is 2.43. The Labute approximate surface area is 167 Å². The van der Waals surface area contributed by atoms with Crippen molar-refractivity contribution in [2.45, 2.75) is 25.3 Å². The molecular weight excluding hydrogens is 370 g/mol. The van der Waals surface area contributed by atoms with Gasteiger partial charge in [0.25, 0.3) is 5.91 Å². The van der Waals surface area contributed by atoms with Crippen LogP contribution in [0.15, 0.2) is 53.1 Å². The number of amides is 1. The minimum atomic E-state index is -0.931. The maximum Gasteiger partial charge on any atom is 0.339 e. The second-order valence-electron chi connectivity index (χ2n) is 7.26. The van der Waals surface area contributed by atoms with Crippen LogP contribution in [0.25, 0.3) is 22.4 Å². The molecule has 1 N–H and O–H groups in total. The lowest BCUT2D eigenvalue weighted by atomic mass is 9.98. The summed E-state index contributed by atoms with van der Waals surface area (Å²) in [6.07, 6.45) is 3.34. The second-order valence-corrected chi connectivity index (χ2v) is 7.26. The Morgan fingerprint density at radius 3 is 2.79 bits per heavy atom. The van der Waals surface area contributed by atoms with Crippen LogP contribution in [0.3, 0.4) is 0 Å². The van der Waals surface area contributed by atoms with Gasteiger partial charge in [0.15, 0.2) is 12.4 Å². The van der Waals surface area contributed by atoms with E-state index in [-0.39, 0.29) is 5.92 Å². The molecule has 0 radical (unpaired) electrons. The SMILES string of the molecule is C[C@@](C#N)(NC(=O)COC(=O)c1cc(-c2ccco2)nc2ccccc12)C1CC1. The number of para-hydroxylation sites is 1. The van der Waals surface area contributed by atoms with Crippen molar-refractivity contribution < 1.29 is 18.7 Å². The van der Waals surface area contributed by atoms with Gasteiger partial charge in [0.05, 0.1) is 23.4 Å². The number of benzene rings is 1. The van der Waals surface area contributed by atoms with Crippen LogP contribution in [0.4, 0.5) is 0 Å². The summed E-state index contributed by atoms with van der Waals surface area (Å²) in [5.74, 6) is -0.473. The summed E-state index contributed by atoms with van der Waals surface area (Å²) in [6.45, 7) is 1.23. The van der Waals surface area contributed by atoms with Gasteiger partial charge in [-0.1, -0.05) is 18.2 Å². The summed E-state index contributed by atoms with van der Waals surface area (Å²) >= 11 is 0. The number of carbonyl (C=O) groups excluding carboxylic acids is 2. The van der Waals surface area contributed by atoms with Crippen molar-refractivity contribution in [3.05, 3.63) is 54.3 Å². The van der Waals surface area contributed by atoms with E-state index in [2.05, 4.69) is 16.4 Å². The average molecular weight is 389 g/mol. The van der Waals surface area contributed by atoms with Crippen molar-refractivity contribution in [2.75, 3.05) is 6.61 Å². The minimum absolute atomic E-state index is 0.146. The fourth-order valence-corrected chi connectivity index (χ4v) is 3.31. The second kappa shape index (κ2) is 7.40. The Balaban J connectivity index is 1.54. The number of nitrogens with zero attached hydrogens (tertiary/aromatic N) is 2. The molecule has 1 aromatic carbocycles. The summed E-state index contributed by atoms with van der Waals surface area (Å²) < 4.78 is 10.6. The molecule has 1 fully saturated rings. The Hall–Kier alpha value is -3.66.